The van der Waals surface area contributed by atoms with Crippen LogP contribution >= 0.6 is 23.1 Å². The normalized spacial score (nSPS) is 11.5. The van der Waals surface area contributed by atoms with E-state index in [2.05, 4.69) is 16.0 Å². The van der Waals surface area contributed by atoms with Gasteiger partial charge in [-0.15, -0.1) is 23.1 Å². The SMILES string of the molecule is CCOC(=O)c1c(-c2ccccc2)csc1NC(=O)C(C)Sc1cccc(NC(=O)/C(=C\c2cc(OC)c(OC)cc2OC)NC(=O)c2ccccc2)c1. The van der Waals surface area contributed by atoms with Gasteiger partial charge in [0.15, 0.2) is 11.5 Å². The number of anilines is 2. The summed E-state index contributed by atoms with van der Waals surface area (Å²) in [5.74, 6) is -0.737. The third kappa shape index (κ3) is 9.68. The molecule has 278 valence electrons. The summed E-state index contributed by atoms with van der Waals surface area (Å²) in [6.07, 6.45) is 1.49. The number of amides is 3. The molecule has 54 heavy (non-hydrogen) atoms. The zero-order chi connectivity index (χ0) is 38.6. The Kier molecular flexibility index (Phi) is 13.5. The first-order valence-corrected chi connectivity index (χ1v) is 18.5. The summed E-state index contributed by atoms with van der Waals surface area (Å²) in [7, 11) is 4.47. The molecule has 11 nitrogen and oxygen atoms in total. The third-order valence-electron chi connectivity index (χ3n) is 7.93. The number of esters is 1. The standard InChI is InChI=1S/C41H39N3O8S2/c1-6-52-41(48)36-31(26-14-9-7-10-15-26)24-53-40(36)44-37(45)25(2)54-30-19-13-18-29(22-30)42-39(47)32(43-38(46)27-16-11-8-12-17-27)20-28-21-34(50-4)35(51-5)23-33(28)49-3/h7-25H,6H2,1-5H3,(H,42,47)(H,43,46)(H,44,45)/b32-20+. The Balaban J connectivity index is 1.36. The summed E-state index contributed by atoms with van der Waals surface area (Å²) >= 11 is 2.52. The third-order valence-corrected chi connectivity index (χ3v) is 9.92. The van der Waals surface area contributed by atoms with Crippen molar-refractivity contribution in [2.45, 2.75) is 24.0 Å². The second-order valence-electron chi connectivity index (χ2n) is 11.5. The van der Waals surface area contributed by atoms with Crippen LogP contribution in [0, 0.1) is 0 Å². The van der Waals surface area contributed by atoms with Crippen molar-refractivity contribution in [3.05, 3.63) is 125 Å². The van der Waals surface area contributed by atoms with Crippen LogP contribution < -0.4 is 30.2 Å². The highest BCUT2D eigenvalue weighted by Crippen LogP contribution is 2.38. The molecule has 3 N–H and O–H groups in total. The van der Waals surface area contributed by atoms with Gasteiger partial charge in [0.2, 0.25) is 5.91 Å². The number of carbonyl (C=O) groups is 4. The first kappa shape index (κ1) is 39.2. The molecule has 5 rings (SSSR count). The average molecular weight is 766 g/mol. The summed E-state index contributed by atoms with van der Waals surface area (Å²) in [6.45, 7) is 3.67. The van der Waals surface area contributed by atoms with Crippen LogP contribution in [0.25, 0.3) is 17.2 Å². The number of hydrogen-bond donors (Lipinski definition) is 3. The van der Waals surface area contributed by atoms with E-state index in [-0.39, 0.29) is 18.2 Å². The number of thiophene rings is 1. The van der Waals surface area contributed by atoms with Gasteiger partial charge in [0.25, 0.3) is 11.8 Å². The highest BCUT2D eigenvalue weighted by Gasteiger charge is 2.25. The Bertz CT molecular complexity index is 2150. The Labute approximate surface area is 321 Å². The molecule has 0 saturated heterocycles. The van der Waals surface area contributed by atoms with Crippen molar-refractivity contribution in [3.63, 3.8) is 0 Å². The van der Waals surface area contributed by atoms with Crippen molar-refractivity contribution >= 4 is 63.6 Å². The minimum atomic E-state index is -0.609. The summed E-state index contributed by atoms with van der Waals surface area (Å²) in [6, 6.07) is 28.2. The molecule has 4 aromatic carbocycles. The molecular weight excluding hydrogens is 727 g/mol. The van der Waals surface area contributed by atoms with E-state index in [9.17, 15) is 19.2 Å². The molecule has 0 aliphatic carbocycles. The van der Waals surface area contributed by atoms with Crippen molar-refractivity contribution < 1.29 is 38.1 Å². The number of thioether (sulfide) groups is 1. The molecule has 0 spiro atoms. The fourth-order valence-corrected chi connectivity index (χ4v) is 7.15. The van der Waals surface area contributed by atoms with Crippen LogP contribution in [0.1, 0.15) is 40.1 Å². The first-order chi connectivity index (χ1) is 26.1. The number of nitrogens with one attached hydrogen (secondary N) is 3. The van der Waals surface area contributed by atoms with Gasteiger partial charge in [0, 0.05) is 38.7 Å². The molecular formula is C41H39N3O8S2. The van der Waals surface area contributed by atoms with E-state index in [0.29, 0.717) is 55.1 Å². The van der Waals surface area contributed by atoms with Crippen LogP contribution in [0.2, 0.25) is 0 Å². The largest absolute Gasteiger partial charge is 0.496 e. The topological polar surface area (TPSA) is 141 Å². The molecule has 5 aromatic rings. The van der Waals surface area contributed by atoms with Gasteiger partial charge in [-0.2, -0.15) is 0 Å². The van der Waals surface area contributed by atoms with Crippen molar-refractivity contribution in [1.29, 1.82) is 0 Å². The Morgan fingerprint density at radius 2 is 1.46 bits per heavy atom. The molecule has 13 heteroatoms. The molecule has 0 aliphatic heterocycles. The van der Waals surface area contributed by atoms with Crippen molar-refractivity contribution in [1.82, 2.24) is 5.32 Å². The lowest BCUT2D eigenvalue weighted by molar-refractivity contribution is -0.115. The number of hydrogen-bond acceptors (Lipinski definition) is 10. The van der Waals surface area contributed by atoms with E-state index in [1.54, 1.807) is 74.5 Å². The highest BCUT2D eigenvalue weighted by molar-refractivity contribution is 8.00. The summed E-state index contributed by atoms with van der Waals surface area (Å²) in [5.41, 5.74) is 2.97. The minimum absolute atomic E-state index is 0.0663. The lowest BCUT2D eigenvalue weighted by Crippen LogP contribution is -2.30. The summed E-state index contributed by atoms with van der Waals surface area (Å²) < 4.78 is 21.7. The van der Waals surface area contributed by atoms with Crippen molar-refractivity contribution in [3.8, 4) is 28.4 Å². The molecule has 0 fully saturated rings. The van der Waals surface area contributed by atoms with Gasteiger partial charge >= 0.3 is 5.97 Å². The van der Waals surface area contributed by atoms with Crippen LogP contribution in [0.4, 0.5) is 10.7 Å². The van der Waals surface area contributed by atoms with Gasteiger partial charge in [-0.1, -0.05) is 54.6 Å². The number of methoxy groups -OCH3 is 3. The maximum atomic E-state index is 13.8. The molecule has 1 atom stereocenters. The summed E-state index contributed by atoms with van der Waals surface area (Å²) in [4.78, 5) is 54.2. The zero-order valence-electron chi connectivity index (χ0n) is 30.3. The van der Waals surface area contributed by atoms with E-state index in [1.165, 1.54) is 50.5 Å². The Morgan fingerprint density at radius 1 is 0.796 bits per heavy atom. The van der Waals surface area contributed by atoms with Gasteiger partial charge in [-0.25, -0.2) is 4.79 Å². The average Bonchev–Trinajstić information content (AvgIpc) is 3.61. The molecule has 0 aliphatic rings. The molecule has 0 saturated carbocycles. The highest BCUT2D eigenvalue weighted by atomic mass is 32.2. The van der Waals surface area contributed by atoms with Gasteiger partial charge in [0.1, 0.15) is 22.0 Å². The van der Waals surface area contributed by atoms with Crippen LogP contribution in [0.3, 0.4) is 0 Å². The molecule has 1 unspecified atom stereocenters. The lowest BCUT2D eigenvalue weighted by Gasteiger charge is -2.15. The van der Waals surface area contributed by atoms with E-state index >= 15 is 0 Å². The Morgan fingerprint density at radius 3 is 2.13 bits per heavy atom. The van der Waals surface area contributed by atoms with Crippen molar-refractivity contribution in [2.75, 3.05) is 38.6 Å². The second kappa shape index (κ2) is 18.6. The number of benzene rings is 4. The smallest absolute Gasteiger partial charge is 0.341 e. The quantitative estimate of drug-likeness (QED) is 0.0547. The molecule has 0 bridgehead atoms. The monoisotopic (exact) mass is 765 g/mol. The van der Waals surface area contributed by atoms with Crippen LogP contribution in [-0.4, -0.2) is 56.9 Å². The number of ether oxygens (including phenoxy) is 4. The zero-order valence-corrected chi connectivity index (χ0v) is 31.9. The van der Waals surface area contributed by atoms with Crippen LogP contribution in [0.5, 0.6) is 17.2 Å². The second-order valence-corrected chi connectivity index (χ2v) is 13.8. The van der Waals surface area contributed by atoms with E-state index in [0.717, 1.165) is 5.56 Å². The summed E-state index contributed by atoms with van der Waals surface area (Å²) in [5, 5.41) is 10.1. The maximum absolute atomic E-state index is 13.8. The van der Waals surface area contributed by atoms with E-state index in [1.807, 2.05) is 41.8 Å². The van der Waals surface area contributed by atoms with Gasteiger partial charge in [-0.3, -0.25) is 14.4 Å². The molecule has 1 heterocycles. The van der Waals surface area contributed by atoms with Crippen LogP contribution in [0.15, 0.2) is 113 Å². The van der Waals surface area contributed by atoms with Gasteiger partial charge in [0.05, 0.1) is 33.2 Å². The fourth-order valence-electron chi connectivity index (χ4n) is 5.27. The van der Waals surface area contributed by atoms with Gasteiger partial charge in [-0.05, 0) is 61.9 Å². The van der Waals surface area contributed by atoms with E-state index < -0.39 is 23.0 Å². The lowest BCUT2D eigenvalue weighted by atomic mass is 10.0. The number of carbonyl (C=O) groups excluding carboxylic acids is 4. The fraction of sp³-hybridized carbons (Fsp3) is 0.171. The minimum Gasteiger partial charge on any atom is -0.496 e. The number of rotatable bonds is 15. The first-order valence-electron chi connectivity index (χ1n) is 16.8. The Hall–Kier alpha value is -6.05. The predicted molar refractivity (Wildman–Crippen MR) is 213 cm³/mol. The predicted octanol–water partition coefficient (Wildman–Crippen LogP) is 8.15. The van der Waals surface area contributed by atoms with Crippen molar-refractivity contribution in [2.24, 2.45) is 0 Å². The molecule has 1 aromatic heterocycles. The van der Waals surface area contributed by atoms with Crippen LogP contribution in [-0.2, 0) is 14.3 Å². The van der Waals surface area contributed by atoms with E-state index in [4.69, 9.17) is 18.9 Å². The molecule has 3 amide bonds. The van der Waals surface area contributed by atoms with Gasteiger partial charge < -0.3 is 34.9 Å². The maximum Gasteiger partial charge on any atom is 0.341 e. The molecule has 0 radical (unpaired) electrons.